The fourth-order valence-corrected chi connectivity index (χ4v) is 1.05. The lowest BCUT2D eigenvalue weighted by Gasteiger charge is -1.98. The first-order valence-electron chi connectivity index (χ1n) is 3.89. The molecule has 74 valence electrons. The van der Waals surface area contributed by atoms with Crippen molar-refractivity contribution < 1.29 is 9.90 Å². The molecular formula is C9H9ClN2O2. The van der Waals surface area contributed by atoms with Crippen molar-refractivity contribution in [3.8, 4) is 0 Å². The second kappa shape index (κ2) is 4.62. The molecule has 0 unspecified atom stereocenters. The fourth-order valence-electron chi connectivity index (χ4n) is 0.886. The summed E-state index contributed by atoms with van der Waals surface area (Å²) in [5.74, 6) is -0.564. The van der Waals surface area contributed by atoms with Gasteiger partial charge in [0.1, 0.15) is 5.82 Å². The van der Waals surface area contributed by atoms with Crippen LogP contribution in [0, 0.1) is 0 Å². The molecule has 0 fully saturated rings. The average Bonchev–Trinajstić information content (AvgIpc) is 2.10. The van der Waals surface area contributed by atoms with Gasteiger partial charge in [0.25, 0.3) is 0 Å². The van der Waals surface area contributed by atoms with Gasteiger partial charge in [-0.05, 0) is 6.07 Å². The molecule has 1 aromatic rings. The van der Waals surface area contributed by atoms with E-state index in [1.54, 1.807) is 12.1 Å². The van der Waals surface area contributed by atoms with Gasteiger partial charge >= 0.3 is 5.97 Å². The van der Waals surface area contributed by atoms with Gasteiger partial charge in [-0.2, -0.15) is 0 Å². The summed E-state index contributed by atoms with van der Waals surface area (Å²) >= 11 is 5.69. The standard InChI is InChI=1S/C9H9ClN2O2/c10-7-4-6(9(11)12-5-7)2-1-3-8(13)14/h1-2,4-5H,3H2,(H2,11,12)(H,13,14). The predicted molar refractivity (Wildman–Crippen MR) is 54.9 cm³/mol. The van der Waals surface area contributed by atoms with Crippen molar-refractivity contribution in [2.45, 2.75) is 6.42 Å². The first-order valence-corrected chi connectivity index (χ1v) is 4.26. The quantitative estimate of drug-likeness (QED) is 0.801. The molecule has 0 aliphatic carbocycles. The third kappa shape index (κ3) is 3.06. The van der Waals surface area contributed by atoms with E-state index in [4.69, 9.17) is 22.4 Å². The van der Waals surface area contributed by atoms with E-state index >= 15 is 0 Å². The van der Waals surface area contributed by atoms with Gasteiger partial charge in [-0.15, -0.1) is 0 Å². The fraction of sp³-hybridized carbons (Fsp3) is 0.111. The van der Waals surface area contributed by atoms with Gasteiger partial charge in [0, 0.05) is 11.8 Å². The number of nitrogens with zero attached hydrogens (tertiary/aromatic N) is 1. The Hall–Kier alpha value is -1.55. The van der Waals surface area contributed by atoms with E-state index < -0.39 is 5.97 Å². The normalized spacial score (nSPS) is 10.6. The number of hydrogen-bond acceptors (Lipinski definition) is 3. The lowest BCUT2D eigenvalue weighted by molar-refractivity contribution is -0.135. The number of carboxylic acid groups (broad SMARTS) is 1. The Bertz CT molecular complexity index is 377. The topological polar surface area (TPSA) is 76.2 Å². The Morgan fingerprint density at radius 3 is 3.07 bits per heavy atom. The zero-order valence-electron chi connectivity index (χ0n) is 7.27. The summed E-state index contributed by atoms with van der Waals surface area (Å²) in [6.07, 6.45) is 4.46. The van der Waals surface area contributed by atoms with Crippen LogP contribution >= 0.6 is 11.6 Å². The van der Waals surface area contributed by atoms with E-state index in [1.165, 1.54) is 12.3 Å². The van der Waals surface area contributed by atoms with Gasteiger partial charge in [0.05, 0.1) is 11.4 Å². The molecule has 0 atom stereocenters. The highest BCUT2D eigenvalue weighted by Crippen LogP contribution is 2.16. The maximum atomic E-state index is 10.2. The number of halogens is 1. The summed E-state index contributed by atoms with van der Waals surface area (Å²) in [5, 5.41) is 8.86. The SMILES string of the molecule is Nc1ncc(Cl)cc1C=CCC(=O)O. The van der Waals surface area contributed by atoms with Gasteiger partial charge in [-0.3, -0.25) is 4.79 Å². The third-order valence-corrected chi connectivity index (χ3v) is 1.71. The summed E-state index contributed by atoms with van der Waals surface area (Å²) in [5.41, 5.74) is 6.16. The first kappa shape index (κ1) is 10.5. The van der Waals surface area contributed by atoms with Crippen LogP contribution in [0.5, 0.6) is 0 Å². The van der Waals surface area contributed by atoms with Crippen LogP contribution in [0.15, 0.2) is 18.3 Å². The highest BCUT2D eigenvalue weighted by Gasteiger charge is 1.98. The predicted octanol–water partition coefficient (Wildman–Crippen LogP) is 1.81. The van der Waals surface area contributed by atoms with E-state index in [9.17, 15) is 4.79 Å². The Balaban J connectivity index is 2.80. The van der Waals surface area contributed by atoms with E-state index in [-0.39, 0.29) is 6.42 Å². The molecule has 0 radical (unpaired) electrons. The van der Waals surface area contributed by atoms with Gasteiger partial charge in [0.2, 0.25) is 0 Å². The minimum absolute atomic E-state index is 0.0496. The molecule has 1 heterocycles. The van der Waals surface area contributed by atoms with Crippen LogP contribution < -0.4 is 5.73 Å². The Morgan fingerprint density at radius 1 is 1.71 bits per heavy atom. The van der Waals surface area contributed by atoms with Crippen molar-refractivity contribution in [3.05, 3.63) is 28.9 Å². The molecule has 5 heteroatoms. The number of carbonyl (C=O) groups is 1. The number of pyridine rings is 1. The lowest BCUT2D eigenvalue weighted by atomic mass is 10.2. The number of nitrogen functional groups attached to an aromatic ring is 1. The van der Waals surface area contributed by atoms with Gasteiger partial charge in [-0.1, -0.05) is 23.8 Å². The zero-order chi connectivity index (χ0) is 10.6. The summed E-state index contributed by atoms with van der Waals surface area (Å²) < 4.78 is 0. The van der Waals surface area contributed by atoms with Crippen molar-refractivity contribution in [2.24, 2.45) is 0 Å². The minimum Gasteiger partial charge on any atom is -0.481 e. The molecule has 4 nitrogen and oxygen atoms in total. The molecule has 0 aliphatic rings. The van der Waals surface area contributed by atoms with Crippen LogP contribution in [0.25, 0.3) is 6.08 Å². The average molecular weight is 213 g/mol. The molecule has 0 saturated heterocycles. The van der Waals surface area contributed by atoms with Gasteiger partial charge in [0.15, 0.2) is 0 Å². The first-order chi connectivity index (χ1) is 6.59. The van der Waals surface area contributed by atoms with Crippen LogP contribution in [-0.4, -0.2) is 16.1 Å². The van der Waals surface area contributed by atoms with E-state index in [1.807, 2.05) is 0 Å². The highest BCUT2D eigenvalue weighted by molar-refractivity contribution is 6.30. The smallest absolute Gasteiger partial charge is 0.307 e. The zero-order valence-corrected chi connectivity index (χ0v) is 8.03. The summed E-state index contributed by atoms with van der Waals surface area (Å²) in [6.45, 7) is 0. The number of anilines is 1. The minimum atomic E-state index is -0.894. The Kier molecular flexibility index (Phi) is 3.48. The number of aromatic nitrogens is 1. The molecule has 0 aromatic carbocycles. The maximum Gasteiger partial charge on any atom is 0.307 e. The van der Waals surface area contributed by atoms with Crippen molar-refractivity contribution in [3.63, 3.8) is 0 Å². The monoisotopic (exact) mass is 212 g/mol. The van der Waals surface area contributed by atoms with Gasteiger partial charge < -0.3 is 10.8 Å². The lowest BCUT2D eigenvalue weighted by Crippen LogP contribution is -1.93. The molecule has 14 heavy (non-hydrogen) atoms. The summed E-state index contributed by atoms with van der Waals surface area (Å²) in [6, 6.07) is 1.63. The molecule has 0 spiro atoms. The van der Waals surface area contributed by atoms with Crippen molar-refractivity contribution >= 4 is 29.5 Å². The number of carboxylic acids is 1. The second-order valence-corrected chi connectivity index (χ2v) is 3.06. The van der Waals surface area contributed by atoms with E-state index in [2.05, 4.69) is 4.98 Å². The number of rotatable bonds is 3. The van der Waals surface area contributed by atoms with Gasteiger partial charge in [-0.25, -0.2) is 4.98 Å². The molecular weight excluding hydrogens is 204 g/mol. The molecule has 3 N–H and O–H groups in total. The molecule has 0 bridgehead atoms. The second-order valence-electron chi connectivity index (χ2n) is 2.63. The maximum absolute atomic E-state index is 10.2. The Labute approximate surface area is 86.0 Å². The molecule has 1 aromatic heterocycles. The molecule has 0 amide bonds. The van der Waals surface area contributed by atoms with Crippen molar-refractivity contribution in [1.82, 2.24) is 4.98 Å². The van der Waals surface area contributed by atoms with Crippen LogP contribution in [0.3, 0.4) is 0 Å². The molecule has 0 saturated carbocycles. The van der Waals surface area contributed by atoms with Crippen LogP contribution in [0.1, 0.15) is 12.0 Å². The van der Waals surface area contributed by atoms with Crippen LogP contribution in [-0.2, 0) is 4.79 Å². The van der Waals surface area contributed by atoms with Crippen LogP contribution in [0.2, 0.25) is 5.02 Å². The molecule has 0 aliphatic heterocycles. The summed E-state index contributed by atoms with van der Waals surface area (Å²) in [7, 11) is 0. The number of nitrogens with two attached hydrogens (primary N) is 1. The highest BCUT2D eigenvalue weighted by atomic mass is 35.5. The van der Waals surface area contributed by atoms with E-state index in [0.29, 0.717) is 16.4 Å². The Morgan fingerprint density at radius 2 is 2.43 bits per heavy atom. The van der Waals surface area contributed by atoms with Crippen molar-refractivity contribution in [1.29, 1.82) is 0 Å². The van der Waals surface area contributed by atoms with Crippen molar-refractivity contribution in [2.75, 3.05) is 5.73 Å². The number of hydrogen-bond donors (Lipinski definition) is 2. The largest absolute Gasteiger partial charge is 0.481 e. The number of aliphatic carboxylic acids is 1. The van der Waals surface area contributed by atoms with E-state index in [0.717, 1.165) is 0 Å². The molecule has 1 rings (SSSR count). The van der Waals surface area contributed by atoms with Crippen LogP contribution in [0.4, 0.5) is 5.82 Å². The summed E-state index contributed by atoms with van der Waals surface area (Å²) in [4.78, 5) is 14.0. The third-order valence-electron chi connectivity index (χ3n) is 1.51.